The molecule has 2 aliphatic rings. The van der Waals surface area contributed by atoms with Gasteiger partial charge in [-0.15, -0.1) is 0 Å². The first-order valence-corrected chi connectivity index (χ1v) is 13.5. The number of anilines is 1. The first kappa shape index (κ1) is 24.0. The number of thiazole rings is 1. The van der Waals surface area contributed by atoms with Crippen LogP contribution < -0.4 is 14.5 Å². The van der Waals surface area contributed by atoms with E-state index in [1.165, 1.54) is 36.0 Å². The number of thioether (sulfide) groups is 1. The summed E-state index contributed by atoms with van der Waals surface area (Å²) >= 11 is 8.20. The number of nitrogens with zero attached hydrogens (tertiary/aromatic N) is 1. The summed E-state index contributed by atoms with van der Waals surface area (Å²) in [6.07, 6.45) is 0. The third kappa shape index (κ3) is 4.37. The number of imide groups is 1. The molecule has 0 saturated carbocycles. The summed E-state index contributed by atoms with van der Waals surface area (Å²) in [4.78, 5) is 43.7. The van der Waals surface area contributed by atoms with Crippen LogP contribution >= 0.6 is 34.7 Å². The molecule has 10 heteroatoms. The Hall–Kier alpha value is -3.40. The van der Waals surface area contributed by atoms with Crippen LogP contribution in [0.3, 0.4) is 0 Å². The molecule has 1 saturated heterocycles. The first-order valence-electron chi connectivity index (χ1n) is 11.4. The lowest BCUT2D eigenvalue weighted by atomic mass is 9.83. The average Bonchev–Trinajstić information content (AvgIpc) is 3.39. The second kappa shape index (κ2) is 9.48. The maximum absolute atomic E-state index is 13.7. The lowest BCUT2D eigenvalue weighted by Crippen LogP contribution is -2.32. The lowest BCUT2D eigenvalue weighted by molar-refractivity contribution is -0.122. The number of aromatic amines is 1. The number of hydrogen-bond donors (Lipinski definition) is 1. The molecular formula is C27H18ClFN2O4S2. The molecule has 0 spiro atoms. The normalized spacial score (nSPS) is 20.6. The van der Waals surface area contributed by atoms with Crippen LogP contribution in [0.25, 0.3) is 0 Å². The van der Waals surface area contributed by atoms with Gasteiger partial charge in [0.05, 0.1) is 16.6 Å². The molecule has 2 aliphatic heterocycles. The van der Waals surface area contributed by atoms with Gasteiger partial charge in [0.2, 0.25) is 11.8 Å². The number of hydrogen-bond acceptors (Lipinski definition) is 6. The number of amides is 2. The summed E-state index contributed by atoms with van der Waals surface area (Å²) < 4.78 is 19.4. The van der Waals surface area contributed by atoms with E-state index in [-0.39, 0.29) is 16.7 Å². The van der Waals surface area contributed by atoms with Crippen molar-refractivity contribution in [2.75, 3.05) is 4.90 Å². The Morgan fingerprint density at radius 1 is 0.919 bits per heavy atom. The highest BCUT2D eigenvalue weighted by Gasteiger charge is 2.56. The van der Waals surface area contributed by atoms with E-state index in [1.54, 1.807) is 12.1 Å². The molecule has 3 aromatic carbocycles. The van der Waals surface area contributed by atoms with Gasteiger partial charge in [-0.25, -0.2) is 9.29 Å². The van der Waals surface area contributed by atoms with Crippen molar-refractivity contribution >= 4 is 52.2 Å². The van der Waals surface area contributed by atoms with E-state index >= 15 is 0 Å². The standard InChI is InChI=1S/C27H18ClFN2O4S2/c28-16-5-1-14(2-6-16)13-35-19-11-3-15(4-12-19)20-21-23(36-24-22(20)37-27(34)30-24)26(33)31(25(21)32)18-9-7-17(29)8-10-18/h1-12,20-21,23H,13H2,(H,30,34)/t20-,21-,23+/m0/s1. The molecular weight excluding hydrogens is 535 g/mol. The number of aromatic nitrogens is 1. The van der Waals surface area contributed by atoms with Crippen molar-refractivity contribution in [3.8, 4) is 5.75 Å². The van der Waals surface area contributed by atoms with Crippen LogP contribution in [0.5, 0.6) is 5.75 Å². The molecule has 37 heavy (non-hydrogen) atoms. The number of carbonyl (C=O) groups is 2. The Morgan fingerprint density at radius 2 is 1.62 bits per heavy atom. The molecule has 1 N–H and O–H groups in total. The molecule has 4 aromatic rings. The smallest absolute Gasteiger partial charge is 0.305 e. The van der Waals surface area contributed by atoms with E-state index in [0.717, 1.165) is 32.2 Å². The van der Waals surface area contributed by atoms with Crippen LogP contribution in [0.15, 0.2) is 82.6 Å². The maximum Gasteiger partial charge on any atom is 0.305 e. The third-order valence-electron chi connectivity index (χ3n) is 6.47. The van der Waals surface area contributed by atoms with Gasteiger partial charge in [-0.1, -0.05) is 59.0 Å². The summed E-state index contributed by atoms with van der Waals surface area (Å²) in [7, 11) is 0. The minimum Gasteiger partial charge on any atom is -0.489 e. The number of ether oxygens (including phenoxy) is 1. The third-order valence-corrected chi connectivity index (χ3v) is 9.12. The summed E-state index contributed by atoms with van der Waals surface area (Å²) in [5.74, 6) is -1.75. The van der Waals surface area contributed by atoms with Gasteiger partial charge < -0.3 is 9.72 Å². The zero-order valence-corrected chi connectivity index (χ0v) is 21.4. The van der Waals surface area contributed by atoms with Crippen LogP contribution in [-0.4, -0.2) is 22.0 Å². The van der Waals surface area contributed by atoms with E-state index in [1.807, 2.05) is 36.4 Å². The molecule has 0 aliphatic carbocycles. The Bertz CT molecular complexity index is 1550. The molecule has 1 aromatic heterocycles. The van der Waals surface area contributed by atoms with Crippen molar-refractivity contribution in [1.82, 2.24) is 4.98 Å². The zero-order valence-electron chi connectivity index (χ0n) is 19.0. The van der Waals surface area contributed by atoms with Gasteiger partial charge in [-0.3, -0.25) is 14.4 Å². The highest BCUT2D eigenvalue weighted by molar-refractivity contribution is 8.00. The molecule has 186 valence electrons. The molecule has 6 rings (SSSR count). The fourth-order valence-corrected chi connectivity index (χ4v) is 7.38. The van der Waals surface area contributed by atoms with Crippen LogP contribution in [0.2, 0.25) is 5.02 Å². The molecule has 3 atom stereocenters. The molecule has 0 unspecified atom stereocenters. The average molecular weight is 553 g/mol. The quantitative estimate of drug-likeness (QED) is 0.326. The van der Waals surface area contributed by atoms with E-state index in [4.69, 9.17) is 16.3 Å². The van der Waals surface area contributed by atoms with Gasteiger partial charge in [-0.2, -0.15) is 0 Å². The Labute approximate surface area is 224 Å². The van der Waals surface area contributed by atoms with E-state index in [9.17, 15) is 18.8 Å². The lowest BCUT2D eigenvalue weighted by Gasteiger charge is -2.29. The van der Waals surface area contributed by atoms with Gasteiger partial charge in [0.1, 0.15) is 23.4 Å². The van der Waals surface area contributed by atoms with Crippen molar-refractivity contribution in [2.45, 2.75) is 22.8 Å². The zero-order chi connectivity index (χ0) is 25.7. The second-order valence-electron chi connectivity index (χ2n) is 8.72. The van der Waals surface area contributed by atoms with E-state index in [0.29, 0.717) is 28.1 Å². The minimum absolute atomic E-state index is 0.235. The number of halogens is 2. The van der Waals surface area contributed by atoms with E-state index < -0.39 is 22.9 Å². The van der Waals surface area contributed by atoms with Gasteiger partial charge in [0, 0.05) is 15.8 Å². The highest BCUT2D eigenvalue weighted by atomic mass is 35.5. The summed E-state index contributed by atoms with van der Waals surface area (Å²) in [5, 5.41) is 0.550. The second-order valence-corrected chi connectivity index (χ2v) is 11.3. The number of rotatable bonds is 5. The summed E-state index contributed by atoms with van der Waals surface area (Å²) in [6.45, 7) is 0.366. The van der Waals surface area contributed by atoms with Crippen LogP contribution in [0, 0.1) is 11.7 Å². The largest absolute Gasteiger partial charge is 0.489 e. The van der Waals surface area contributed by atoms with Crippen LogP contribution in [-0.2, 0) is 16.2 Å². The number of carbonyl (C=O) groups excluding carboxylic acids is 2. The van der Waals surface area contributed by atoms with Gasteiger partial charge in [0.25, 0.3) is 0 Å². The van der Waals surface area contributed by atoms with Crippen molar-refractivity contribution in [3.05, 3.63) is 109 Å². The van der Waals surface area contributed by atoms with Crippen LogP contribution in [0.1, 0.15) is 21.9 Å². The first-order chi connectivity index (χ1) is 17.9. The van der Waals surface area contributed by atoms with Crippen LogP contribution in [0.4, 0.5) is 10.1 Å². The van der Waals surface area contributed by atoms with Gasteiger partial charge in [-0.05, 0) is 59.7 Å². The SMILES string of the molecule is O=C1[C@H]2[C@H](c3ccc(OCc4ccc(Cl)cc4)cc3)c3sc(=O)[nH]c3S[C@H]2C(=O)N1c1ccc(F)cc1. The van der Waals surface area contributed by atoms with Crippen molar-refractivity contribution in [2.24, 2.45) is 5.92 Å². The monoisotopic (exact) mass is 552 g/mol. The van der Waals surface area contributed by atoms with Gasteiger partial charge >= 0.3 is 4.87 Å². The van der Waals surface area contributed by atoms with Crippen molar-refractivity contribution in [3.63, 3.8) is 0 Å². The molecule has 1 fully saturated rings. The van der Waals surface area contributed by atoms with Crippen molar-refractivity contribution < 1.29 is 18.7 Å². The number of fused-ring (bicyclic) bond motifs is 2. The fourth-order valence-electron chi connectivity index (χ4n) is 4.74. The maximum atomic E-state index is 13.7. The predicted molar refractivity (Wildman–Crippen MR) is 141 cm³/mol. The Kier molecular flexibility index (Phi) is 6.14. The molecule has 0 bridgehead atoms. The number of H-pyrrole nitrogens is 1. The number of benzene rings is 3. The molecule has 6 nitrogen and oxygen atoms in total. The highest BCUT2D eigenvalue weighted by Crippen LogP contribution is 2.53. The topological polar surface area (TPSA) is 79.5 Å². The van der Waals surface area contributed by atoms with Gasteiger partial charge in [0.15, 0.2) is 0 Å². The summed E-state index contributed by atoms with van der Waals surface area (Å²) in [5.41, 5.74) is 2.10. The predicted octanol–water partition coefficient (Wildman–Crippen LogP) is 5.60. The summed E-state index contributed by atoms with van der Waals surface area (Å²) in [6, 6.07) is 20.0. The van der Waals surface area contributed by atoms with E-state index in [2.05, 4.69) is 4.98 Å². The molecule has 3 heterocycles. The fraction of sp³-hybridized carbons (Fsp3) is 0.148. The Morgan fingerprint density at radius 3 is 2.32 bits per heavy atom. The molecule has 0 radical (unpaired) electrons. The van der Waals surface area contributed by atoms with Crippen molar-refractivity contribution in [1.29, 1.82) is 0 Å². The Balaban J connectivity index is 1.32. The number of nitrogens with one attached hydrogen (secondary N) is 1. The molecule has 2 amide bonds. The minimum atomic E-state index is -0.707.